The number of nitrogens with zero attached hydrogens (tertiary/aromatic N) is 2. The van der Waals surface area contributed by atoms with Gasteiger partial charge in [0.15, 0.2) is 0 Å². The number of ether oxygens (including phenoxy) is 2. The molecule has 1 aromatic carbocycles. The molecule has 3 rings (SSSR count). The molecule has 1 aliphatic rings. The van der Waals surface area contributed by atoms with Gasteiger partial charge in [0.2, 0.25) is 5.91 Å². The summed E-state index contributed by atoms with van der Waals surface area (Å²) in [5, 5.41) is 12.5. The van der Waals surface area contributed by atoms with Crippen LogP contribution in [-0.2, 0) is 16.0 Å². The van der Waals surface area contributed by atoms with Crippen LogP contribution in [0.4, 0.5) is 4.39 Å². The molecule has 1 amide bonds. The van der Waals surface area contributed by atoms with Crippen molar-refractivity contribution in [2.45, 2.75) is 58.3 Å². The minimum atomic E-state index is -0.666. The van der Waals surface area contributed by atoms with Crippen LogP contribution in [0.5, 0.6) is 5.75 Å². The van der Waals surface area contributed by atoms with Crippen molar-refractivity contribution in [3.63, 3.8) is 0 Å². The van der Waals surface area contributed by atoms with E-state index in [0.717, 1.165) is 18.4 Å². The van der Waals surface area contributed by atoms with Gasteiger partial charge in [0.25, 0.3) is 0 Å². The highest BCUT2D eigenvalue weighted by Crippen LogP contribution is 2.34. The summed E-state index contributed by atoms with van der Waals surface area (Å²) in [6.07, 6.45) is 1.04. The van der Waals surface area contributed by atoms with Crippen LogP contribution in [0.2, 0.25) is 0 Å². The Morgan fingerprint density at radius 2 is 2.03 bits per heavy atom. The molecule has 0 saturated carbocycles. The number of thiophene rings is 1. The monoisotopic (exact) mass is 492 g/mol. The Morgan fingerprint density at radius 3 is 2.71 bits per heavy atom. The fraction of sp³-hybridized carbons (Fsp3) is 0.577. The fourth-order valence-corrected chi connectivity index (χ4v) is 5.04. The first kappa shape index (κ1) is 26.6. The topological polar surface area (TPSA) is 62.2 Å². The molecule has 2 aromatic rings. The quantitative estimate of drug-likeness (QED) is 0.507. The molecular formula is C26H37FN2O4S. The van der Waals surface area contributed by atoms with Crippen molar-refractivity contribution in [1.29, 1.82) is 0 Å². The van der Waals surface area contributed by atoms with Gasteiger partial charge in [-0.25, -0.2) is 4.39 Å². The molecule has 1 N–H and O–H groups in total. The number of carbonyl (C=O) groups excluding carboxylic acids is 1. The fourth-order valence-electron chi connectivity index (χ4n) is 4.11. The molecule has 0 bridgehead atoms. The number of aliphatic hydroxyl groups excluding tert-OH is 1. The third kappa shape index (κ3) is 7.77. The summed E-state index contributed by atoms with van der Waals surface area (Å²) < 4.78 is 24.9. The molecule has 34 heavy (non-hydrogen) atoms. The molecule has 1 aliphatic heterocycles. The molecule has 0 spiro atoms. The zero-order valence-corrected chi connectivity index (χ0v) is 21.4. The van der Waals surface area contributed by atoms with Gasteiger partial charge in [0.1, 0.15) is 18.2 Å². The third-order valence-electron chi connectivity index (χ3n) is 5.71. The number of aliphatic hydroxyl groups is 1. The van der Waals surface area contributed by atoms with Crippen LogP contribution < -0.4 is 4.74 Å². The van der Waals surface area contributed by atoms with Gasteiger partial charge in [-0.15, -0.1) is 11.3 Å². The minimum Gasteiger partial charge on any atom is -0.491 e. The molecular weight excluding hydrogens is 455 g/mol. The molecule has 2 heterocycles. The number of fused-ring (bicyclic) bond motifs is 1. The van der Waals surface area contributed by atoms with E-state index in [9.17, 15) is 14.3 Å². The van der Waals surface area contributed by atoms with E-state index in [1.807, 2.05) is 30.6 Å². The maximum Gasteiger partial charge on any atom is 0.237 e. The predicted octanol–water partition coefficient (Wildman–Crippen LogP) is 4.28. The molecule has 1 aromatic heterocycles. The molecule has 0 saturated heterocycles. The SMILES string of the molecule is CCCN(CC(=O)N1CCc2sccc2[C@H]1COc1ccc(F)cc1)C[C@H](O)COC(C)(C)C. The van der Waals surface area contributed by atoms with Gasteiger partial charge in [-0.3, -0.25) is 9.69 Å². The van der Waals surface area contributed by atoms with Gasteiger partial charge in [0, 0.05) is 18.0 Å². The second-order valence-corrected chi connectivity index (χ2v) is 10.7. The van der Waals surface area contributed by atoms with E-state index in [1.165, 1.54) is 17.0 Å². The van der Waals surface area contributed by atoms with Gasteiger partial charge in [0.05, 0.1) is 30.9 Å². The first-order valence-electron chi connectivity index (χ1n) is 11.9. The number of hydrogen-bond acceptors (Lipinski definition) is 6. The Bertz CT molecular complexity index is 912. The largest absolute Gasteiger partial charge is 0.491 e. The van der Waals surface area contributed by atoms with Crippen molar-refractivity contribution in [3.05, 3.63) is 52.0 Å². The molecule has 0 fully saturated rings. The highest BCUT2D eigenvalue weighted by molar-refractivity contribution is 7.10. The molecule has 0 unspecified atom stereocenters. The number of rotatable bonds is 11. The van der Waals surface area contributed by atoms with Crippen LogP contribution in [0, 0.1) is 5.82 Å². The first-order valence-corrected chi connectivity index (χ1v) is 12.8. The Labute approximate surface area is 206 Å². The van der Waals surface area contributed by atoms with Crippen LogP contribution >= 0.6 is 11.3 Å². The highest BCUT2D eigenvalue weighted by Gasteiger charge is 2.33. The van der Waals surface area contributed by atoms with E-state index in [-0.39, 0.29) is 36.5 Å². The van der Waals surface area contributed by atoms with E-state index in [4.69, 9.17) is 9.47 Å². The van der Waals surface area contributed by atoms with Crippen LogP contribution in [-0.4, -0.2) is 71.9 Å². The molecule has 188 valence electrons. The maximum absolute atomic E-state index is 13.4. The molecule has 2 atom stereocenters. The van der Waals surface area contributed by atoms with Crippen molar-refractivity contribution in [2.24, 2.45) is 0 Å². The number of carbonyl (C=O) groups is 1. The van der Waals surface area contributed by atoms with E-state index >= 15 is 0 Å². The Kier molecular flexibility index (Phi) is 9.47. The zero-order chi connectivity index (χ0) is 24.7. The Hall–Kier alpha value is -2.00. The minimum absolute atomic E-state index is 0.0157. The maximum atomic E-state index is 13.4. The van der Waals surface area contributed by atoms with Crippen molar-refractivity contribution in [2.75, 3.05) is 39.4 Å². The standard InChI is InChI=1S/C26H37FN2O4S/c1-5-12-28(15-20(30)17-33-26(2,3)4)16-25(31)29-13-10-24-22(11-14-34-24)23(29)18-32-21-8-6-19(27)7-9-21/h6-9,11,14,20,23,30H,5,10,12-13,15-18H2,1-4H3/t20-,23+/m0/s1. The second-order valence-electron chi connectivity index (χ2n) is 9.73. The summed E-state index contributed by atoms with van der Waals surface area (Å²) in [5.74, 6) is 0.278. The lowest BCUT2D eigenvalue weighted by molar-refractivity contribution is -0.136. The van der Waals surface area contributed by atoms with Crippen LogP contribution in [0.3, 0.4) is 0 Å². The highest BCUT2D eigenvalue weighted by atomic mass is 32.1. The lowest BCUT2D eigenvalue weighted by Crippen LogP contribution is -2.48. The van der Waals surface area contributed by atoms with E-state index in [0.29, 0.717) is 32.0 Å². The number of benzene rings is 1. The van der Waals surface area contributed by atoms with E-state index in [2.05, 4.69) is 18.4 Å². The Morgan fingerprint density at radius 1 is 1.29 bits per heavy atom. The molecule has 6 nitrogen and oxygen atoms in total. The van der Waals surface area contributed by atoms with E-state index < -0.39 is 6.10 Å². The lowest BCUT2D eigenvalue weighted by Gasteiger charge is -2.37. The number of hydrogen-bond donors (Lipinski definition) is 1. The number of halogens is 1. The first-order chi connectivity index (χ1) is 16.2. The predicted molar refractivity (Wildman–Crippen MR) is 133 cm³/mol. The van der Waals surface area contributed by atoms with Crippen LogP contribution in [0.15, 0.2) is 35.7 Å². The summed E-state index contributed by atoms with van der Waals surface area (Å²) in [6.45, 7) is 10.4. The normalized spacial score (nSPS) is 17.0. The Balaban J connectivity index is 1.66. The summed E-state index contributed by atoms with van der Waals surface area (Å²) in [5.41, 5.74) is 0.795. The van der Waals surface area contributed by atoms with Gasteiger partial charge in [-0.2, -0.15) is 0 Å². The van der Waals surface area contributed by atoms with Crippen molar-refractivity contribution in [1.82, 2.24) is 9.80 Å². The average Bonchev–Trinajstić information content (AvgIpc) is 3.26. The summed E-state index contributed by atoms with van der Waals surface area (Å²) in [6, 6.07) is 7.80. The molecule has 0 radical (unpaired) electrons. The van der Waals surface area contributed by atoms with Crippen LogP contribution in [0.25, 0.3) is 0 Å². The average molecular weight is 493 g/mol. The molecule has 8 heteroatoms. The third-order valence-corrected chi connectivity index (χ3v) is 6.71. The summed E-state index contributed by atoms with van der Waals surface area (Å²) >= 11 is 1.70. The smallest absolute Gasteiger partial charge is 0.237 e. The van der Waals surface area contributed by atoms with E-state index in [1.54, 1.807) is 23.5 Å². The van der Waals surface area contributed by atoms with Gasteiger partial charge in [-0.1, -0.05) is 6.92 Å². The van der Waals surface area contributed by atoms with Crippen molar-refractivity contribution >= 4 is 17.2 Å². The number of amides is 1. The molecule has 0 aliphatic carbocycles. The zero-order valence-electron chi connectivity index (χ0n) is 20.6. The van der Waals surface area contributed by atoms with Gasteiger partial charge in [-0.05, 0) is 81.4 Å². The summed E-state index contributed by atoms with van der Waals surface area (Å²) in [4.78, 5) is 18.6. The van der Waals surface area contributed by atoms with Gasteiger partial charge < -0.3 is 19.5 Å². The lowest BCUT2D eigenvalue weighted by atomic mass is 10.0. The van der Waals surface area contributed by atoms with Gasteiger partial charge >= 0.3 is 0 Å². The van der Waals surface area contributed by atoms with Crippen LogP contribution in [0.1, 0.15) is 50.6 Å². The van der Waals surface area contributed by atoms with Crippen molar-refractivity contribution < 1.29 is 23.8 Å². The second kappa shape index (κ2) is 12.1. The van der Waals surface area contributed by atoms with Crippen molar-refractivity contribution in [3.8, 4) is 5.75 Å². The summed E-state index contributed by atoms with van der Waals surface area (Å²) in [7, 11) is 0.